The lowest BCUT2D eigenvalue weighted by Crippen LogP contribution is -2.34. The Balaban J connectivity index is 1.94. The van der Waals surface area contributed by atoms with Gasteiger partial charge in [0.25, 0.3) is 5.91 Å². The molecule has 0 heterocycles. The first-order chi connectivity index (χ1) is 15.3. The van der Waals surface area contributed by atoms with Gasteiger partial charge < -0.3 is 20.1 Å². The highest BCUT2D eigenvalue weighted by atomic mass is 32.1. The maximum absolute atomic E-state index is 12.5. The maximum atomic E-state index is 12.5. The number of anilines is 2. The molecule has 0 aliphatic carbocycles. The predicted molar refractivity (Wildman–Crippen MR) is 132 cm³/mol. The average molecular weight is 458 g/mol. The SMILES string of the molecule is CCCCC(=O)Nc1ccc(NC(=S)NC(=O)c2ccc(OCC(C)C)cc2)cc1OC. The molecule has 0 bridgehead atoms. The Bertz CT molecular complexity index is 929. The van der Waals surface area contributed by atoms with Crippen LogP contribution < -0.4 is 25.4 Å². The second kappa shape index (κ2) is 12.7. The highest BCUT2D eigenvalue weighted by Crippen LogP contribution is 2.28. The third kappa shape index (κ3) is 8.19. The molecule has 0 spiro atoms. The van der Waals surface area contributed by atoms with Crippen molar-refractivity contribution in [3.63, 3.8) is 0 Å². The van der Waals surface area contributed by atoms with Gasteiger partial charge in [-0.15, -0.1) is 0 Å². The van der Waals surface area contributed by atoms with Gasteiger partial charge in [0.15, 0.2) is 5.11 Å². The van der Waals surface area contributed by atoms with Gasteiger partial charge in [0.2, 0.25) is 5.91 Å². The fourth-order valence-corrected chi connectivity index (χ4v) is 2.94. The van der Waals surface area contributed by atoms with Gasteiger partial charge in [-0.25, -0.2) is 0 Å². The summed E-state index contributed by atoms with van der Waals surface area (Å²) >= 11 is 5.26. The van der Waals surface area contributed by atoms with Crippen molar-refractivity contribution in [1.29, 1.82) is 0 Å². The topological polar surface area (TPSA) is 88.7 Å². The minimum Gasteiger partial charge on any atom is -0.494 e. The quantitative estimate of drug-likeness (QED) is 0.436. The molecule has 0 fully saturated rings. The van der Waals surface area contributed by atoms with Crippen LogP contribution in [0.2, 0.25) is 0 Å². The van der Waals surface area contributed by atoms with Crippen LogP contribution >= 0.6 is 12.2 Å². The first-order valence-corrected chi connectivity index (χ1v) is 11.1. The Hall–Kier alpha value is -3.13. The van der Waals surface area contributed by atoms with Gasteiger partial charge in [-0.2, -0.15) is 0 Å². The number of hydrogen-bond donors (Lipinski definition) is 3. The molecule has 3 N–H and O–H groups in total. The molecule has 8 heteroatoms. The third-order valence-electron chi connectivity index (χ3n) is 4.42. The largest absolute Gasteiger partial charge is 0.494 e. The number of rotatable bonds is 10. The Morgan fingerprint density at radius 2 is 1.78 bits per heavy atom. The van der Waals surface area contributed by atoms with E-state index in [1.54, 1.807) is 42.5 Å². The van der Waals surface area contributed by atoms with Crippen molar-refractivity contribution in [1.82, 2.24) is 5.32 Å². The van der Waals surface area contributed by atoms with Gasteiger partial charge in [0.1, 0.15) is 11.5 Å². The Morgan fingerprint density at radius 1 is 1.06 bits per heavy atom. The number of methoxy groups -OCH3 is 1. The summed E-state index contributed by atoms with van der Waals surface area (Å²) in [6.45, 7) is 6.79. The summed E-state index contributed by atoms with van der Waals surface area (Å²) < 4.78 is 11.0. The maximum Gasteiger partial charge on any atom is 0.257 e. The van der Waals surface area contributed by atoms with E-state index in [2.05, 4.69) is 29.8 Å². The highest BCUT2D eigenvalue weighted by molar-refractivity contribution is 7.80. The lowest BCUT2D eigenvalue weighted by atomic mass is 10.2. The van der Waals surface area contributed by atoms with Crippen LogP contribution in [0.15, 0.2) is 42.5 Å². The number of ether oxygens (including phenoxy) is 2. The van der Waals surface area contributed by atoms with Crippen molar-refractivity contribution < 1.29 is 19.1 Å². The smallest absolute Gasteiger partial charge is 0.257 e. The minimum atomic E-state index is -0.329. The molecule has 0 saturated heterocycles. The summed E-state index contributed by atoms with van der Waals surface area (Å²) in [7, 11) is 1.52. The molecule has 2 amide bonds. The molecule has 2 aromatic rings. The molecule has 0 radical (unpaired) electrons. The van der Waals surface area contributed by atoms with E-state index in [1.165, 1.54) is 7.11 Å². The molecule has 0 aromatic heterocycles. The van der Waals surface area contributed by atoms with Crippen LogP contribution in [0.3, 0.4) is 0 Å². The van der Waals surface area contributed by atoms with E-state index in [4.69, 9.17) is 21.7 Å². The molecule has 0 saturated carbocycles. The molecule has 0 atom stereocenters. The fraction of sp³-hybridized carbons (Fsp3) is 0.375. The second-order valence-electron chi connectivity index (χ2n) is 7.70. The van der Waals surface area contributed by atoms with Crippen LogP contribution in [-0.4, -0.2) is 30.6 Å². The molecule has 2 rings (SSSR count). The van der Waals surface area contributed by atoms with E-state index >= 15 is 0 Å². The molecule has 172 valence electrons. The van der Waals surface area contributed by atoms with Crippen LogP contribution in [0.1, 0.15) is 50.4 Å². The van der Waals surface area contributed by atoms with Gasteiger partial charge in [-0.3, -0.25) is 14.9 Å². The van der Waals surface area contributed by atoms with Crippen LogP contribution in [0.25, 0.3) is 0 Å². The number of carbonyl (C=O) groups excluding carboxylic acids is 2. The van der Waals surface area contributed by atoms with Crippen LogP contribution in [0, 0.1) is 5.92 Å². The van der Waals surface area contributed by atoms with Gasteiger partial charge >= 0.3 is 0 Å². The van der Waals surface area contributed by atoms with Crippen LogP contribution in [0.5, 0.6) is 11.5 Å². The first kappa shape index (κ1) is 25.1. The van der Waals surface area contributed by atoms with Gasteiger partial charge in [-0.05, 0) is 61.0 Å². The van der Waals surface area contributed by atoms with E-state index in [1.807, 2.05) is 6.92 Å². The first-order valence-electron chi connectivity index (χ1n) is 10.7. The van der Waals surface area contributed by atoms with E-state index < -0.39 is 0 Å². The molecule has 2 aromatic carbocycles. The molecule has 7 nitrogen and oxygen atoms in total. The van der Waals surface area contributed by atoms with Crippen molar-refractivity contribution in [3.8, 4) is 11.5 Å². The molecule has 0 unspecified atom stereocenters. The highest BCUT2D eigenvalue weighted by Gasteiger charge is 2.11. The van der Waals surface area contributed by atoms with E-state index in [0.29, 0.717) is 47.4 Å². The summed E-state index contributed by atoms with van der Waals surface area (Å²) in [6, 6.07) is 12.1. The normalized spacial score (nSPS) is 10.4. The van der Waals surface area contributed by atoms with Crippen molar-refractivity contribution in [2.75, 3.05) is 24.4 Å². The van der Waals surface area contributed by atoms with Gasteiger partial charge in [0.05, 0.1) is 19.4 Å². The number of unbranched alkanes of at least 4 members (excludes halogenated alkanes) is 1. The molecular weight excluding hydrogens is 426 g/mol. The number of benzene rings is 2. The van der Waals surface area contributed by atoms with E-state index in [-0.39, 0.29) is 16.9 Å². The number of carbonyl (C=O) groups is 2. The number of thiocarbonyl (C=S) groups is 1. The Kier molecular flexibility index (Phi) is 9.94. The standard InChI is InChI=1S/C24H31N3O4S/c1-5-6-7-22(28)26-20-13-10-18(14-21(20)30-4)25-24(32)27-23(29)17-8-11-19(12-9-17)31-15-16(2)3/h8-14,16H,5-7,15H2,1-4H3,(H,26,28)(H2,25,27,29,32). The summed E-state index contributed by atoms with van der Waals surface area (Å²) in [5.74, 6) is 1.24. The summed E-state index contributed by atoms with van der Waals surface area (Å²) in [6.07, 6.45) is 2.24. The Labute approximate surface area is 194 Å². The summed E-state index contributed by atoms with van der Waals surface area (Å²) in [4.78, 5) is 24.4. The van der Waals surface area contributed by atoms with Crippen molar-refractivity contribution in [3.05, 3.63) is 48.0 Å². The lowest BCUT2D eigenvalue weighted by Gasteiger charge is -2.14. The van der Waals surface area contributed by atoms with Crippen molar-refractivity contribution in [2.45, 2.75) is 40.0 Å². The summed E-state index contributed by atoms with van der Waals surface area (Å²) in [5, 5.41) is 8.61. The second-order valence-corrected chi connectivity index (χ2v) is 8.11. The molecule has 0 aliphatic rings. The van der Waals surface area contributed by atoms with E-state index in [9.17, 15) is 9.59 Å². The zero-order valence-electron chi connectivity index (χ0n) is 19.0. The number of amides is 2. The molecular formula is C24H31N3O4S. The van der Waals surface area contributed by atoms with Crippen molar-refractivity contribution >= 4 is 40.5 Å². The minimum absolute atomic E-state index is 0.0609. The Morgan fingerprint density at radius 3 is 2.41 bits per heavy atom. The zero-order chi connectivity index (χ0) is 23.5. The van der Waals surface area contributed by atoms with Gasteiger partial charge in [-0.1, -0.05) is 27.2 Å². The number of nitrogens with one attached hydrogen (secondary N) is 3. The van der Waals surface area contributed by atoms with Crippen molar-refractivity contribution in [2.24, 2.45) is 5.92 Å². The zero-order valence-corrected chi connectivity index (χ0v) is 19.8. The fourth-order valence-electron chi connectivity index (χ4n) is 2.73. The number of hydrogen-bond acceptors (Lipinski definition) is 5. The molecule has 0 aliphatic heterocycles. The van der Waals surface area contributed by atoms with E-state index in [0.717, 1.165) is 12.8 Å². The van der Waals surface area contributed by atoms with Crippen LogP contribution in [0.4, 0.5) is 11.4 Å². The average Bonchev–Trinajstić information content (AvgIpc) is 2.77. The lowest BCUT2D eigenvalue weighted by molar-refractivity contribution is -0.116. The molecule has 32 heavy (non-hydrogen) atoms. The van der Waals surface area contributed by atoms with Crippen LogP contribution in [-0.2, 0) is 4.79 Å². The third-order valence-corrected chi connectivity index (χ3v) is 4.62. The summed E-state index contributed by atoms with van der Waals surface area (Å²) in [5.41, 5.74) is 1.67. The predicted octanol–water partition coefficient (Wildman–Crippen LogP) is 4.99. The monoisotopic (exact) mass is 457 g/mol. The van der Waals surface area contributed by atoms with Gasteiger partial charge in [0, 0.05) is 23.7 Å².